The van der Waals surface area contributed by atoms with Crippen LogP contribution in [0.25, 0.3) is 0 Å². The second-order valence-electron chi connectivity index (χ2n) is 7.75. The third-order valence-electron chi connectivity index (χ3n) is 5.56. The number of anilines is 2. The topological polar surface area (TPSA) is 61.9 Å². The largest absolute Gasteiger partial charge is 0.494 e. The monoisotopic (exact) mass is 463 g/mol. The lowest BCUT2D eigenvalue weighted by atomic mass is 10.1. The third kappa shape index (κ3) is 5.65. The summed E-state index contributed by atoms with van der Waals surface area (Å²) in [4.78, 5) is 29.4. The van der Waals surface area contributed by atoms with Crippen LogP contribution in [0.5, 0.6) is 5.75 Å². The van der Waals surface area contributed by atoms with Gasteiger partial charge in [0.1, 0.15) is 5.75 Å². The number of halogens is 1. The Balaban J connectivity index is 1.32. The zero-order valence-corrected chi connectivity index (χ0v) is 19.2. The standard InChI is InChI=1S/C26H26ClN3O3/c1-2-33-24-5-3-4-20(18-24)25(31)28-22-10-12-23(13-11-22)29-14-16-30(17-15-29)26(32)19-6-8-21(27)9-7-19/h3-13,18H,2,14-17H2,1H3,(H,28,31). The lowest BCUT2D eigenvalue weighted by Gasteiger charge is -2.36. The van der Waals surface area contributed by atoms with Crippen LogP contribution >= 0.6 is 11.6 Å². The van der Waals surface area contributed by atoms with Crippen molar-refractivity contribution in [3.05, 3.63) is 88.9 Å². The van der Waals surface area contributed by atoms with E-state index in [1.165, 1.54) is 0 Å². The first-order chi connectivity index (χ1) is 16.0. The predicted molar refractivity (Wildman–Crippen MR) is 132 cm³/mol. The number of benzene rings is 3. The molecule has 1 aliphatic rings. The number of piperazine rings is 1. The van der Waals surface area contributed by atoms with Gasteiger partial charge in [0.2, 0.25) is 0 Å². The summed E-state index contributed by atoms with van der Waals surface area (Å²) in [5.41, 5.74) is 2.98. The molecule has 0 unspecified atom stereocenters. The summed E-state index contributed by atoms with van der Waals surface area (Å²) in [5, 5.41) is 3.55. The minimum absolute atomic E-state index is 0.0257. The minimum Gasteiger partial charge on any atom is -0.494 e. The van der Waals surface area contributed by atoms with E-state index in [1.54, 1.807) is 42.5 Å². The highest BCUT2D eigenvalue weighted by molar-refractivity contribution is 6.30. The van der Waals surface area contributed by atoms with E-state index in [4.69, 9.17) is 16.3 Å². The van der Waals surface area contributed by atoms with Crippen molar-refractivity contribution in [1.82, 2.24) is 4.90 Å². The summed E-state index contributed by atoms with van der Waals surface area (Å²) < 4.78 is 5.47. The van der Waals surface area contributed by atoms with Gasteiger partial charge in [0, 0.05) is 53.7 Å². The highest BCUT2D eigenvalue weighted by Gasteiger charge is 2.22. The van der Waals surface area contributed by atoms with Gasteiger partial charge in [0.25, 0.3) is 11.8 Å². The summed E-state index contributed by atoms with van der Waals surface area (Å²) in [6.45, 7) is 5.25. The molecule has 170 valence electrons. The first-order valence-electron chi connectivity index (χ1n) is 11.0. The van der Waals surface area contributed by atoms with Crippen LogP contribution in [0.2, 0.25) is 5.02 Å². The van der Waals surface area contributed by atoms with Crippen molar-refractivity contribution in [3.8, 4) is 5.75 Å². The van der Waals surface area contributed by atoms with Crippen molar-refractivity contribution in [3.63, 3.8) is 0 Å². The number of rotatable bonds is 6. The summed E-state index contributed by atoms with van der Waals surface area (Å²) in [6.07, 6.45) is 0. The van der Waals surface area contributed by atoms with Crippen molar-refractivity contribution >= 4 is 34.8 Å². The van der Waals surface area contributed by atoms with E-state index in [0.717, 1.165) is 24.5 Å². The maximum atomic E-state index is 12.7. The molecule has 0 saturated carbocycles. The number of ether oxygens (including phenoxy) is 1. The SMILES string of the molecule is CCOc1cccc(C(=O)Nc2ccc(N3CCN(C(=O)c4ccc(Cl)cc4)CC3)cc2)c1. The second-order valence-corrected chi connectivity index (χ2v) is 8.18. The molecule has 1 aliphatic heterocycles. The fraction of sp³-hybridized carbons (Fsp3) is 0.231. The summed E-state index contributed by atoms with van der Waals surface area (Å²) >= 11 is 5.92. The number of nitrogens with one attached hydrogen (secondary N) is 1. The van der Waals surface area contributed by atoms with Crippen molar-refractivity contribution in [2.75, 3.05) is 43.0 Å². The molecular formula is C26H26ClN3O3. The van der Waals surface area contributed by atoms with Gasteiger partial charge in [-0.1, -0.05) is 17.7 Å². The molecular weight excluding hydrogens is 438 g/mol. The Bertz CT molecular complexity index is 1110. The molecule has 7 heteroatoms. The minimum atomic E-state index is -0.182. The van der Waals surface area contributed by atoms with Crippen LogP contribution in [0, 0.1) is 0 Å². The highest BCUT2D eigenvalue weighted by atomic mass is 35.5. The predicted octanol–water partition coefficient (Wildman–Crippen LogP) is 4.95. The molecule has 33 heavy (non-hydrogen) atoms. The Hall–Kier alpha value is -3.51. The van der Waals surface area contributed by atoms with Gasteiger partial charge in [-0.15, -0.1) is 0 Å². The number of carbonyl (C=O) groups is 2. The average molecular weight is 464 g/mol. The van der Waals surface area contributed by atoms with E-state index < -0.39 is 0 Å². The van der Waals surface area contributed by atoms with Gasteiger partial charge in [-0.3, -0.25) is 9.59 Å². The van der Waals surface area contributed by atoms with Crippen LogP contribution < -0.4 is 15.0 Å². The second kappa shape index (κ2) is 10.4. The Morgan fingerprint density at radius 2 is 1.61 bits per heavy atom. The maximum absolute atomic E-state index is 12.7. The Labute approximate surface area is 198 Å². The smallest absolute Gasteiger partial charge is 0.255 e. The van der Waals surface area contributed by atoms with E-state index in [1.807, 2.05) is 42.2 Å². The van der Waals surface area contributed by atoms with Gasteiger partial charge in [-0.25, -0.2) is 0 Å². The van der Waals surface area contributed by atoms with Gasteiger partial charge in [0.05, 0.1) is 6.61 Å². The first-order valence-corrected chi connectivity index (χ1v) is 11.4. The van der Waals surface area contributed by atoms with Crippen LogP contribution in [0.3, 0.4) is 0 Å². The number of hydrogen-bond acceptors (Lipinski definition) is 4. The van der Waals surface area contributed by atoms with Crippen LogP contribution in [0.4, 0.5) is 11.4 Å². The van der Waals surface area contributed by atoms with Gasteiger partial charge >= 0.3 is 0 Å². The zero-order valence-electron chi connectivity index (χ0n) is 18.5. The van der Waals surface area contributed by atoms with Gasteiger partial charge in [-0.2, -0.15) is 0 Å². The molecule has 0 radical (unpaired) electrons. The van der Waals surface area contributed by atoms with Crippen molar-refractivity contribution < 1.29 is 14.3 Å². The van der Waals surface area contributed by atoms with Gasteiger partial charge in [0.15, 0.2) is 0 Å². The van der Waals surface area contributed by atoms with E-state index >= 15 is 0 Å². The number of amides is 2. The van der Waals surface area contributed by atoms with Crippen molar-refractivity contribution in [2.24, 2.45) is 0 Å². The van der Waals surface area contributed by atoms with Gasteiger partial charge in [-0.05, 0) is 73.7 Å². The highest BCUT2D eigenvalue weighted by Crippen LogP contribution is 2.22. The van der Waals surface area contributed by atoms with Crippen LogP contribution in [0.1, 0.15) is 27.6 Å². The molecule has 3 aromatic carbocycles. The molecule has 0 spiro atoms. The molecule has 1 heterocycles. The summed E-state index contributed by atoms with van der Waals surface area (Å²) in [5.74, 6) is 0.519. The molecule has 1 N–H and O–H groups in total. The molecule has 0 atom stereocenters. The third-order valence-corrected chi connectivity index (χ3v) is 5.81. The normalized spacial score (nSPS) is 13.5. The molecule has 3 aromatic rings. The molecule has 2 amide bonds. The lowest BCUT2D eigenvalue weighted by Crippen LogP contribution is -2.48. The van der Waals surface area contributed by atoms with E-state index in [0.29, 0.717) is 41.6 Å². The summed E-state index contributed by atoms with van der Waals surface area (Å²) in [7, 11) is 0. The molecule has 0 bridgehead atoms. The summed E-state index contributed by atoms with van der Waals surface area (Å²) in [6, 6.07) is 21.9. The van der Waals surface area contributed by atoms with E-state index in [-0.39, 0.29) is 11.8 Å². The quantitative estimate of drug-likeness (QED) is 0.561. The Kier molecular flexibility index (Phi) is 7.15. The Morgan fingerprint density at radius 3 is 2.27 bits per heavy atom. The molecule has 1 fully saturated rings. The first kappa shape index (κ1) is 22.7. The van der Waals surface area contributed by atoms with Crippen LogP contribution in [0.15, 0.2) is 72.8 Å². The molecule has 0 aliphatic carbocycles. The fourth-order valence-electron chi connectivity index (χ4n) is 3.80. The number of hydrogen-bond donors (Lipinski definition) is 1. The van der Waals surface area contributed by atoms with Crippen LogP contribution in [-0.4, -0.2) is 49.5 Å². The molecule has 0 aromatic heterocycles. The van der Waals surface area contributed by atoms with E-state index in [2.05, 4.69) is 10.2 Å². The fourth-order valence-corrected chi connectivity index (χ4v) is 3.92. The van der Waals surface area contributed by atoms with E-state index in [9.17, 15) is 9.59 Å². The van der Waals surface area contributed by atoms with Gasteiger partial charge < -0.3 is 19.9 Å². The van der Waals surface area contributed by atoms with Crippen LogP contribution in [-0.2, 0) is 0 Å². The zero-order chi connectivity index (χ0) is 23.2. The van der Waals surface area contributed by atoms with Crippen molar-refractivity contribution in [2.45, 2.75) is 6.92 Å². The molecule has 4 rings (SSSR count). The van der Waals surface area contributed by atoms with Crippen molar-refractivity contribution in [1.29, 1.82) is 0 Å². The lowest BCUT2D eigenvalue weighted by molar-refractivity contribution is 0.0746. The molecule has 1 saturated heterocycles. The number of nitrogens with zero attached hydrogens (tertiary/aromatic N) is 2. The maximum Gasteiger partial charge on any atom is 0.255 e. The average Bonchev–Trinajstić information content (AvgIpc) is 2.85. The Morgan fingerprint density at radius 1 is 0.909 bits per heavy atom. The molecule has 6 nitrogen and oxygen atoms in total. The number of carbonyl (C=O) groups excluding carboxylic acids is 2.